The molecular formula is C29H56BBrF4N4NaO9P17S. The van der Waals surface area contributed by atoms with E-state index in [9.17, 15) is 30.8 Å². The van der Waals surface area contributed by atoms with Crippen LogP contribution in [-0.4, -0.2) is 94.6 Å². The molecule has 0 bridgehead atoms. The van der Waals surface area contributed by atoms with E-state index < -0.39 is 51.8 Å². The van der Waals surface area contributed by atoms with E-state index in [0.29, 0.717) is 37.5 Å². The SMILES string of the molecule is COc1c(F)cc(B(O)O)cc1F.CS(=O)(=O)O[C@@H]1CCOC1.N=C(Br)/C=C\N.NC(=CC=N[C@H]1CCOC1)c1cc(F)c(C=O)c(F)c1.PPP(P(P)P)P(P(P)P)P(P(P)P)P(P)P.[H-].[Na+]. The molecule has 13 nitrogen and oxygen atoms in total. The first-order valence-corrected chi connectivity index (χ1v) is 50.6. The fraction of sp³-hybridized carbons (Fsp3) is 0.345. The molecule has 0 saturated carbocycles. The normalized spacial score (nSPS) is 17.1. The van der Waals surface area contributed by atoms with Crippen molar-refractivity contribution in [2.45, 2.75) is 25.0 Å². The maximum absolute atomic E-state index is 13.4. The molecule has 2 fully saturated rings. The van der Waals surface area contributed by atoms with Crippen LogP contribution in [0.5, 0.6) is 5.75 Å². The van der Waals surface area contributed by atoms with E-state index in [2.05, 4.69) is 110 Å². The summed E-state index contributed by atoms with van der Waals surface area (Å²) >= 11 is 2.85. The third-order valence-electron chi connectivity index (χ3n) is 7.23. The minimum Gasteiger partial charge on any atom is -1.00 e. The number of rotatable bonds is 16. The Morgan fingerprint density at radius 3 is 1.78 bits per heavy atom. The topological polar surface area (TPSA) is 217 Å². The summed E-state index contributed by atoms with van der Waals surface area (Å²) in [4.78, 5) is 14.7. The van der Waals surface area contributed by atoms with Gasteiger partial charge in [-0.2, -0.15) is 8.42 Å². The Bertz CT molecular complexity index is 1970. The fourth-order valence-corrected chi connectivity index (χ4v) is 194. The van der Waals surface area contributed by atoms with Crippen LogP contribution in [0.15, 0.2) is 47.6 Å². The van der Waals surface area contributed by atoms with Gasteiger partial charge in [-0.05, 0) is 119 Å². The largest absolute Gasteiger partial charge is 1.00 e. The molecule has 12 unspecified atom stereocenters. The van der Waals surface area contributed by atoms with Crippen molar-refractivity contribution in [1.29, 1.82) is 5.41 Å². The number of carbonyl (C=O) groups excluding carboxylic acids is 1. The third-order valence-corrected chi connectivity index (χ3v) is 111. The van der Waals surface area contributed by atoms with Crippen molar-refractivity contribution in [3.63, 3.8) is 0 Å². The van der Waals surface area contributed by atoms with Crippen LogP contribution in [0, 0.1) is 28.7 Å². The van der Waals surface area contributed by atoms with Gasteiger partial charge in [0.1, 0.15) is 17.7 Å². The standard InChI is InChI=1S/C14H14F2N2O2.C7H7BF2O3.C5H10O4S.C3H5BrN2.Na.H19P17.H/c15-12-5-9(6-13(16)11(12)7-19)14(17)1-3-18-10-2-4-20-8-10;1-13-7-5(9)2-4(8(11)12)3-6(7)10;1-10(6,7)9-5-2-3-8-4-5;4-3(6)1-2-5;;1-10-15(11(2)3)17(14(8)9)16(12(4)5)13(6)7;/h1,3,5-7,10H,2,4,8,17H2;2-3,11-12H,1H3;5H,2-4H2,1H3;1-2,6H,5H2;;10H,1-9H2;/q;;;;+1;;-1/b;;;2-1-,6-3?;;;/t10-;;5-;;;;/m0.1..../s1. The molecule has 0 amide bonds. The molecule has 0 aromatic heterocycles. The Morgan fingerprint density at radius 1 is 0.940 bits per heavy atom. The molecule has 2 heterocycles. The van der Waals surface area contributed by atoms with Crippen molar-refractivity contribution in [3.05, 3.63) is 77.0 Å². The van der Waals surface area contributed by atoms with Crippen molar-refractivity contribution in [2.75, 3.05) is 39.8 Å². The van der Waals surface area contributed by atoms with Gasteiger partial charge < -0.3 is 37.2 Å². The van der Waals surface area contributed by atoms with Gasteiger partial charge in [-0.1, -0.05) is 7.96 Å². The number of nitrogens with one attached hydrogen (secondary N) is 1. The monoisotopic (exact) mass is 1350 g/mol. The molecule has 0 spiro atoms. The number of benzene rings is 2. The maximum Gasteiger partial charge on any atom is 1.00 e. The van der Waals surface area contributed by atoms with E-state index in [-0.39, 0.29) is 115 Å². The average molecular weight is 1350 g/mol. The van der Waals surface area contributed by atoms with Crippen LogP contribution in [0.4, 0.5) is 17.6 Å². The molecule has 0 aliphatic carbocycles. The number of aliphatic imine (C=N–C) groups is 1. The summed E-state index contributed by atoms with van der Waals surface area (Å²) in [5.41, 5.74) is 10.1. The number of halogens is 5. The first-order valence-electron chi connectivity index (χ1n) is 17.8. The number of methoxy groups -OCH3 is 1. The Labute approximate surface area is 454 Å². The maximum atomic E-state index is 13.4. The summed E-state index contributed by atoms with van der Waals surface area (Å²) < 4.78 is 93.1. The van der Waals surface area contributed by atoms with Gasteiger partial charge in [-0.25, -0.2) is 17.6 Å². The molecule has 14 atom stereocenters. The molecule has 38 heteroatoms. The molecular weight excluding hydrogens is 1300 g/mol. The Hall–Kier alpha value is 4.65. The van der Waals surface area contributed by atoms with Gasteiger partial charge in [-0.15, -0.1) is 80.4 Å². The molecule has 67 heavy (non-hydrogen) atoms. The molecule has 7 N–H and O–H groups in total. The minimum absolute atomic E-state index is 0. The molecule has 2 aliphatic heterocycles. The predicted molar refractivity (Wildman–Crippen MR) is 325 cm³/mol. The summed E-state index contributed by atoms with van der Waals surface area (Å²) in [6, 6.07) is 3.74. The average Bonchev–Trinajstić information content (AvgIpc) is 3.92. The number of hydrogen-bond donors (Lipinski definition) is 5. The second-order valence-electron chi connectivity index (χ2n) is 12.3. The van der Waals surface area contributed by atoms with E-state index >= 15 is 0 Å². The van der Waals surface area contributed by atoms with Gasteiger partial charge in [-0.3, -0.25) is 19.4 Å². The molecule has 0 radical (unpaired) electrons. The quantitative estimate of drug-likeness (QED) is 0.0267. The summed E-state index contributed by atoms with van der Waals surface area (Å²) in [5, 5.41) is 23.9. The molecule has 376 valence electrons. The van der Waals surface area contributed by atoms with Crippen LogP contribution in [0.2, 0.25) is 0 Å². The molecule has 2 aromatic rings. The molecule has 4 rings (SSSR count). The van der Waals surface area contributed by atoms with Crippen LogP contribution < -0.4 is 51.2 Å². The zero-order valence-electron chi connectivity index (χ0n) is 37.1. The van der Waals surface area contributed by atoms with Crippen LogP contribution in [0.25, 0.3) is 5.70 Å². The number of hydrogen-bond acceptors (Lipinski definition) is 13. The first kappa shape index (κ1) is 73.7. The number of carbonyl (C=O) groups is 1. The summed E-state index contributed by atoms with van der Waals surface area (Å²) in [7, 11) is 24.9. The second kappa shape index (κ2) is 40.8. The minimum atomic E-state index is -3.29. The van der Waals surface area contributed by atoms with E-state index in [1.54, 1.807) is 0 Å². The number of nitrogens with two attached hydrogens (primary N) is 2. The molecule has 2 aliphatic rings. The van der Waals surface area contributed by atoms with Gasteiger partial charge >= 0.3 is 36.7 Å². The first-order chi connectivity index (χ1) is 30.8. The second-order valence-corrected chi connectivity index (χ2v) is 79.1. The van der Waals surface area contributed by atoms with Crippen molar-refractivity contribution in [1.82, 2.24) is 0 Å². The van der Waals surface area contributed by atoms with Gasteiger partial charge in [0.05, 0.1) is 42.8 Å². The van der Waals surface area contributed by atoms with Crippen molar-refractivity contribution in [3.8, 4) is 5.75 Å². The van der Waals surface area contributed by atoms with Gasteiger partial charge in [0.15, 0.2) is 23.7 Å². The molecule has 2 aromatic carbocycles. The van der Waals surface area contributed by atoms with Crippen LogP contribution >= 0.6 is 153 Å². The van der Waals surface area contributed by atoms with Gasteiger partial charge in [0, 0.05) is 37.1 Å². The smallest absolute Gasteiger partial charge is 1.00 e. The Morgan fingerprint density at radius 2 is 1.45 bits per heavy atom. The van der Waals surface area contributed by atoms with E-state index in [4.69, 9.17) is 36.4 Å². The van der Waals surface area contributed by atoms with Crippen LogP contribution in [-0.2, 0) is 23.8 Å². The summed E-state index contributed by atoms with van der Waals surface area (Å²) in [6.45, 7) is 3.16. The van der Waals surface area contributed by atoms with Crippen LogP contribution in [0.3, 0.4) is 0 Å². The summed E-state index contributed by atoms with van der Waals surface area (Å²) in [5.74, 6) is -4.35. The number of allylic oxidation sites excluding steroid dienone is 2. The zero-order valence-corrected chi connectivity index (χ0v) is 58.2. The third kappa shape index (κ3) is 31.6. The van der Waals surface area contributed by atoms with Crippen LogP contribution in [0.1, 0.15) is 30.2 Å². The van der Waals surface area contributed by atoms with Crippen molar-refractivity contribution >= 4 is 199 Å². The number of aldehydes is 1. The summed E-state index contributed by atoms with van der Waals surface area (Å²) in [6.07, 6.45) is 8.16. The van der Waals surface area contributed by atoms with Crippen molar-refractivity contribution in [2.24, 2.45) is 16.5 Å². The van der Waals surface area contributed by atoms with E-state index in [1.165, 1.54) is 24.6 Å². The van der Waals surface area contributed by atoms with E-state index in [0.717, 1.165) is 52.0 Å². The van der Waals surface area contributed by atoms with E-state index in [1.807, 2.05) is 0 Å². The van der Waals surface area contributed by atoms with Gasteiger partial charge in [0.25, 0.3) is 10.1 Å². The fourth-order valence-electron chi connectivity index (χ4n) is 4.47. The predicted octanol–water partition coefficient (Wildman–Crippen LogP) is 8.84. The Kier molecular flexibility index (Phi) is 44.9. The molecule has 2 saturated heterocycles. The van der Waals surface area contributed by atoms with Gasteiger partial charge in [0.2, 0.25) is 0 Å². The number of nitrogens with zero attached hydrogens (tertiary/aromatic N) is 1. The van der Waals surface area contributed by atoms with Crippen molar-refractivity contribution < 1.29 is 90.2 Å². The number of ether oxygens (including phenoxy) is 3. The zero-order chi connectivity index (χ0) is 50.9. The Balaban J connectivity index is -0.000000806.